The third kappa shape index (κ3) is 4.99. The first-order valence-electron chi connectivity index (χ1n) is 12.4. The molecule has 36 heavy (non-hydrogen) atoms. The van der Waals surface area contributed by atoms with E-state index in [1.165, 1.54) is 18.2 Å². The molecule has 2 unspecified atom stereocenters. The van der Waals surface area contributed by atoms with Gasteiger partial charge in [0.05, 0.1) is 18.5 Å². The maximum absolute atomic E-state index is 11.9. The van der Waals surface area contributed by atoms with E-state index in [-0.39, 0.29) is 23.9 Å². The van der Waals surface area contributed by atoms with E-state index in [2.05, 4.69) is 53.2 Å². The molecular weight excluding hydrogens is 497 g/mol. The van der Waals surface area contributed by atoms with E-state index in [1.54, 1.807) is 0 Å². The Kier molecular flexibility index (Phi) is 7.29. The number of rotatable bonds is 7. The minimum atomic E-state index is -0.124. The summed E-state index contributed by atoms with van der Waals surface area (Å²) in [5.41, 5.74) is 5.41. The molecule has 2 heterocycles. The van der Waals surface area contributed by atoms with Crippen molar-refractivity contribution in [2.45, 2.75) is 39.2 Å². The van der Waals surface area contributed by atoms with Gasteiger partial charge in [-0.05, 0) is 84.3 Å². The maximum Gasteiger partial charge on any atom is 0.310 e. The SMILES string of the molecule is COC(=O)C1CCN(CC2=C(Cl)c3ccc(OC(c4ccc5n[nH]c(Cl)c5c4)C(C)C)cc3CC2)C1. The van der Waals surface area contributed by atoms with Crippen molar-refractivity contribution in [2.24, 2.45) is 11.8 Å². The van der Waals surface area contributed by atoms with Crippen LogP contribution in [0.25, 0.3) is 15.9 Å². The molecule has 0 spiro atoms. The van der Waals surface area contributed by atoms with Gasteiger partial charge in [0, 0.05) is 23.5 Å². The molecule has 190 valence electrons. The van der Waals surface area contributed by atoms with Gasteiger partial charge in [-0.1, -0.05) is 43.1 Å². The number of carbonyl (C=O) groups is 1. The van der Waals surface area contributed by atoms with Crippen LogP contribution in [0, 0.1) is 11.8 Å². The highest BCUT2D eigenvalue weighted by Crippen LogP contribution is 2.38. The molecule has 2 aliphatic rings. The van der Waals surface area contributed by atoms with Crippen LogP contribution in [0.1, 0.15) is 49.5 Å². The Labute approximate surface area is 221 Å². The number of esters is 1. The molecule has 1 aromatic heterocycles. The predicted octanol–water partition coefficient (Wildman–Crippen LogP) is 6.38. The number of carbonyl (C=O) groups excluding carboxylic acids is 1. The molecular formula is C28H31Cl2N3O3. The Hall–Kier alpha value is -2.54. The largest absolute Gasteiger partial charge is 0.485 e. The average molecular weight is 528 g/mol. The number of fused-ring (bicyclic) bond motifs is 2. The van der Waals surface area contributed by atoms with Crippen molar-refractivity contribution in [2.75, 3.05) is 26.7 Å². The normalized spacial score (nSPS) is 19.1. The van der Waals surface area contributed by atoms with Gasteiger partial charge in [-0.15, -0.1) is 0 Å². The first-order valence-corrected chi connectivity index (χ1v) is 13.2. The molecule has 0 bridgehead atoms. The van der Waals surface area contributed by atoms with E-state index >= 15 is 0 Å². The molecule has 1 aliphatic carbocycles. The zero-order valence-electron chi connectivity index (χ0n) is 20.8. The second kappa shape index (κ2) is 10.4. The number of aromatic amines is 1. The number of aryl methyl sites for hydroxylation is 1. The van der Waals surface area contributed by atoms with Crippen LogP contribution in [-0.4, -0.2) is 47.8 Å². The maximum atomic E-state index is 11.9. The van der Waals surface area contributed by atoms with E-state index in [1.807, 2.05) is 12.1 Å². The number of likely N-dealkylation sites (tertiary alicyclic amines) is 1. The van der Waals surface area contributed by atoms with E-state index < -0.39 is 0 Å². The summed E-state index contributed by atoms with van der Waals surface area (Å²) < 4.78 is 11.4. The van der Waals surface area contributed by atoms with Crippen LogP contribution < -0.4 is 4.74 Å². The fourth-order valence-electron chi connectivity index (χ4n) is 5.31. The monoisotopic (exact) mass is 527 g/mol. The topological polar surface area (TPSA) is 67.4 Å². The molecule has 6 nitrogen and oxygen atoms in total. The Balaban J connectivity index is 1.32. The van der Waals surface area contributed by atoms with Crippen molar-refractivity contribution in [1.29, 1.82) is 0 Å². The van der Waals surface area contributed by atoms with Gasteiger partial charge in [0.15, 0.2) is 0 Å². The predicted molar refractivity (Wildman–Crippen MR) is 143 cm³/mol. The summed E-state index contributed by atoms with van der Waals surface area (Å²) in [6.45, 7) is 6.71. The number of ether oxygens (including phenoxy) is 2. The van der Waals surface area contributed by atoms with E-state index in [0.717, 1.165) is 71.7 Å². The number of nitrogens with one attached hydrogen (secondary N) is 1. The van der Waals surface area contributed by atoms with Crippen LogP contribution in [0.3, 0.4) is 0 Å². The Morgan fingerprint density at radius 3 is 2.81 bits per heavy atom. The van der Waals surface area contributed by atoms with Gasteiger partial charge in [-0.3, -0.25) is 14.8 Å². The third-order valence-corrected chi connectivity index (χ3v) is 8.03. The van der Waals surface area contributed by atoms with Crippen LogP contribution in [0.5, 0.6) is 5.75 Å². The molecule has 1 saturated heterocycles. The minimum absolute atomic E-state index is 0.0379. The molecule has 0 saturated carbocycles. The van der Waals surface area contributed by atoms with Gasteiger partial charge < -0.3 is 9.47 Å². The second-order valence-electron chi connectivity index (χ2n) is 10.1. The molecule has 0 amide bonds. The molecule has 0 radical (unpaired) electrons. The molecule has 8 heteroatoms. The van der Waals surface area contributed by atoms with Crippen LogP contribution in [0.4, 0.5) is 0 Å². The van der Waals surface area contributed by atoms with Crippen molar-refractivity contribution >= 4 is 45.1 Å². The van der Waals surface area contributed by atoms with Crippen molar-refractivity contribution < 1.29 is 14.3 Å². The van der Waals surface area contributed by atoms with Gasteiger partial charge in [0.2, 0.25) is 0 Å². The van der Waals surface area contributed by atoms with Gasteiger partial charge in [0.1, 0.15) is 17.0 Å². The van der Waals surface area contributed by atoms with Gasteiger partial charge in [0.25, 0.3) is 0 Å². The number of halogens is 2. The number of methoxy groups -OCH3 is 1. The summed E-state index contributed by atoms with van der Waals surface area (Å²) in [6.07, 6.45) is 2.53. The first-order chi connectivity index (χ1) is 17.3. The summed E-state index contributed by atoms with van der Waals surface area (Å²) in [5, 5.41) is 9.31. The zero-order valence-corrected chi connectivity index (χ0v) is 22.3. The molecule has 5 rings (SSSR count). The molecule has 2 aromatic carbocycles. The summed E-state index contributed by atoms with van der Waals surface area (Å²) in [7, 11) is 1.46. The highest BCUT2D eigenvalue weighted by molar-refractivity contribution is 6.49. The molecule has 1 N–H and O–H groups in total. The van der Waals surface area contributed by atoms with Crippen molar-refractivity contribution in [3.63, 3.8) is 0 Å². The summed E-state index contributed by atoms with van der Waals surface area (Å²) in [4.78, 5) is 14.2. The lowest BCUT2D eigenvalue weighted by Gasteiger charge is -2.26. The molecule has 1 fully saturated rings. The lowest BCUT2D eigenvalue weighted by Crippen LogP contribution is -2.27. The van der Waals surface area contributed by atoms with Crippen LogP contribution in [0.15, 0.2) is 42.0 Å². The third-order valence-electron chi connectivity index (χ3n) is 7.27. The number of H-pyrrole nitrogens is 1. The number of hydrogen-bond donors (Lipinski definition) is 1. The molecule has 2 atom stereocenters. The summed E-state index contributed by atoms with van der Waals surface area (Å²) >= 11 is 13.2. The lowest BCUT2D eigenvalue weighted by atomic mass is 9.91. The number of benzene rings is 2. The Bertz CT molecular complexity index is 1320. The van der Waals surface area contributed by atoms with Crippen molar-refractivity contribution in [3.8, 4) is 5.75 Å². The molecule has 3 aromatic rings. The Morgan fingerprint density at radius 2 is 2.03 bits per heavy atom. The fraction of sp³-hybridized carbons (Fsp3) is 0.429. The van der Waals surface area contributed by atoms with Crippen molar-refractivity contribution in [3.05, 3.63) is 63.8 Å². The van der Waals surface area contributed by atoms with E-state index in [9.17, 15) is 4.79 Å². The fourth-order valence-corrected chi connectivity index (χ4v) is 5.85. The van der Waals surface area contributed by atoms with Crippen LogP contribution >= 0.6 is 23.2 Å². The van der Waals surface area contributed by atoms with Crippen molar-refractivity contribution in [1.82, 2.24) is 15.1 Å². The van der Waals surface area contributed by atoms with Gasteiger partial charge >= 0.3 is 5.97 Å². The number of nitrogens with zero attached hydrogens (tertiary/aromatic N) is 2. The average Bonchev–Trinajstić information content (AvgIpc) is 3.50. The molecule has 1 aliphatic heterocycles. The van der Waals surface area contributed by atoms with Gasteiger partial charge in [-0.25, -0.2) is 0 Å². The standard InChI is InChI=1S/C28H31Cl2N3O3/c1-16(2)26(18-6-9-24-23(13-18)27(30)32-31-24)36-21-7-8-22-17(12-21)4-5-19(25(22)29)14-33-11-10-20(15-33)28(34)35-3/h6-9,12-13,16,20,26H,4-5,10-11,14-15H2,1-3H3,(H,31,32). The zero-order chi connectivity index (χ0) is 25.4. The quantitative estimate of drug-likeness (QED) is 0.361. The number of aromatic nitrogens is 2. The minimum Gasteiger partial charge on any atom is -0.485 e. The van der Waals surface area contributed by atoms with E-state index in [4.69, 9.17) is 32.7 Å². The highest BCUT2D eigenvalue weighted by atomic mass is 35.5. The smallest absolute Gasteiger partial charge is 0.310 e. The first kappa shape index (κ1) is 25.1. The Morgan fingerprint density at radius 1 is 1.19 bits per heavy atom. The van der Waals surface area contributed by atoms with E-state index in [0.29, 0.717) is 5.15 Å². The lowest BCUT2D eigenvalue weighted by molar-refractivity contribution is -0.144. The highest BCUT2D eigenvalue weighted by Gasteiger charge is 2.30. The summed E-state index contributed by atoms with van der Waals surface area (Å²) in [6, 6.07) is 12.3. The number of hydrogen-bond acceptors (Lipinski definition) is 5. The summed E-state index contributed by atoms with van der Waals surface area (Å²) in [5.74, 6) is 0.934. The van der Waals surface area contributed by atoms with Gasteiger partial charge in [-0.2, -0.15) is 5.10 Å². The van der Waals surface area contributed by atoms with Crippen LogP contribution in [0.2, 0.25) is 5.15 Å². The second-order valence-corrected chi connectivity index (χ2v) is 10.8. The van der Waals surface area contributed by atoms with Crippen LogP contribution in [-0.2, 0) is 16.0 Å².